The number of hydrogen-bond acceptors (Lipinski definition) is 2. The van der Waals surface area contributed by atoms with Crippen LogP contribution in [0.4, 0.5) is 13.2 Å². The first kappa shape index (κ1) is 15.5. The van der Waals surface area contributed by atoms with E-state index in [9.17, 15) is 18.0 Å². The summed E-state index contributed by atoms with van der Waals surface area (Å²) in [5.41, 5.74) is -0.181. The molecule has 0 saturated heterocycles. The molecule has 0 aliphatic carbocycles. The molecule has 0 amide bonds. The van der Waals surface area contributed by atoms with E-state index in [4.69, 9.17) is 5.11 Å². The Morgan fingerprint density at radius 3 is 2.58 bits per heavy atom. The summed E-state index contributed by atoms with van der Waals surface area (Å²) in [6, 6.07) is 5.05. The van der Waals surface area contributed by atoms with Crippen LogP contribution in [0.2, 0.25) is 0 Å². The zero-order valence-corrected chi connectivity index (χ0v) is 10.7. The minimum absolute atomic E-state index is 0.279. The summed E-state index contributed by atoms with van der Waals surface area (Å²) in [6.07, 6.45) is -4.36. The van der Waals surface area contributed by atoms with E-state index < -0.39 is 23.6 Å². The number of rotatable bonds is 5. The molecule has 1 atom stereocenters. The van der Waals surface area contributed by atoms with Crippen molar-refractivity contribution >= 4 is 5.97 Å². The van der Waals surface area contributed by atoms with Crippen LogP contribution in [-0.2, 0) is 17.5 Å². The van der Waals surface area contributed by atoms with E-state index in [0.717, 1.165) is 12.1 Å². The number of benzene rings is 1. The Morgan fingerprint density at radius 2 is 2.05 bits per heavy atom. The fourth-order valence-electron chi connectivity index (χ4n) is 1.77. The lowest BCUT2D eigenvalue weighted by molar-refractivity contribution is -0.141. The number of carboxylic acid groups (broad SMARTS) is 1. The summed E-state index contributed by atoms with van der Waals surface area (Å²) in [6.45, 7) is 2.12. The van der Waals surface area contributed by atoms with Crippen LogP contribution in [0.5, 0.6) is 0 Å². The van der Waals surface area contributed by atoms with Crippen LogP contribution < -0.4 is 0 Å². The maximum Gasteiger partial charge on any atom is 0.416 e. The largest absolute Gasteiger partial charge is 0.481 e. The van der Waals surface area contributed by atoms with Crippen LogP contribution in [0.15, 0.2) is 24.3 Å². The van der Waals surface area contributed by atoms with Gasteiger partial charge in [0.1, 0.15) is 0 Å². The molecule has 1 rings (SSSR count). The van der Waals surface area contributed by atoms with Gasteiger partial charge in [-0.25, -0.2) is 0 Å². The van der Waals surface area contributed by atoms with E-state index in [1.165, 1.54) is 6.07 Å². The van der Waals surface area contributed by atoms with Crippen LogP contribution in [0.25, 0.3) is 0 Å². The molecule has 0 aliphatic rings. The van der Waals surface area contributed by atoms with E-state index in [2.05, 4.69) is 0 Å². The first-order chi connectivity index (χ1) is 8.70. The van der Waals surface area contributed by atoms with Gasteiger partial charge in [0, 0.05) is 13.1 Å². The smallest absolute Gasteiger partial charge is 0.416 e. The van der Waals surface area contributed by atoms with Crippen LogP contribution in [-0.4, -0.2) is 29.6 Å². The van der Waals surface area contributed by atoms with Gasteiger partial charge in [0.15, 0.2) is 0 Å². The van der Waals surface area contributed by atoms with Crippen molar-refractivity contribution in [2.24, 2.45) is 5.92 Å². The highest BCUT2D eigenvalue weighted by atomic mass is 19.4. The topological polar surface area (TPSA) is 40.5 Å². The molecule has 0 radical (unpaired) electrons. The lowest BCUT2D eigenvalue weighted by Gasteiger charge is -2.19. The molecule has 0 fully saturated rings. The number of aliphatic carboxylic acids is 1. The molecule has 1 aromatic rings. The molecule has 106 valence electrons. The Balaban J connectivity index is 2.70. The molecular weight excluding hydrogens is 259 g/mol. The number of hydrogen-bond donors (Lipinski definition) is 1. The van der Waals surface area contributed by atoms with Gasteiger partial charge < -0.3 is 10.0 Å². The normalized spacial score (nSPS) is 13.6. The van der Waals surface area contributed by atoms with Crippen molar-refractivity contribution in [1.29, 1.82) is 0 Å². The first-order valence-electron chi connectivity index (χ1n) is 5.77. The third-order valence-electron chi connectivity index (χ3n) is 2.71. The standard InChI is InChI=1S/C13H16F3NO2/c1-9(12(18)19)7-17(2)8-10-4-3-5-11(6-10)13(14,15)16/h3-6,9H,7-8H2,1-2H3,(H,18,19). The molecule has 19 heavy (non-hydrogen) atoms. The van der Waals surface area contributed by atoms with Crippen molar-refractivity contribution in [3.05, 3.63) is 35.4 Å². The molecule has 0 aromatic heterocycles. The number of alkyl halides is 3. The minimum Gasteiger partial charge on any atom is -0.481 e. The predicted octanol–water partition coefficient (Wildman–Crippen LogP) is 2.86. The van der Waals surface area contributed by atoms with Gasteiger partial charge in [-0.2, -0.15) is 13.2 Å². The van der Waals surface area contributed by atoms with E-state index in [-0.39, 0.29) is 13.1 Å². The lowest BCUT2D eigenvalue weighted by Crippen LogP contribution is -2.28. The number of carbonyl (C=O) groups is 1. The van der Waals surface area contributed by atoms with Gasteiger partial charge in [-0.05, 0) is 18.7 Å². The maximum atomic E-state index is 12.5. The highest BCUT2D eigenvalue weighted by Crippen LogP contribution is 2.29. The van der Waals surface area contributed by atoms with Gasteiger partial charge in [0.2, 0.25) is 0 Å². The summed E-state index contributed by atoms with van der Waals surface area (Å²) in [4.78, 5) is 12.4. The predicted molar refractivity (Wildman–Crippen MR) is 64.6 cm³/mol. The molecule has 0 spiro atoms. The molecule has 0 saturated carbocycles. The average Bonchev–Trinajstić information content (AvgIpc) is 2.27. The Hall–Kier alpha value is -1.56. The molecule has 1 unspecified atom stereocenters. The second kappa shape index (κ2) is 6.06. The fraction of sp³-hybridized carbons (Fsp3) is 0.462. The first-order valence-corrected chi connectivity index (χ1v) is 5.77. The van der Waals surface area contributed by atoms with Crippen LogP contribution >= 0.6 is 0 Å². The van der Waals surface area contributed by atoms with E-state index in [1.54, 1.807) is 24.9 Å². The second-order valence-corrected chi connectivity index (χ2v) is 4.63. The van der Waals surface area contributed by atoms with Gasteiger partial charge in [-0.1, -0.05) is 25.1 Å². The van der Waals surface area contributed by atoms with Gasteiger partial charge in [0.25, 0.3) is 0 Å². The minimum atomic E-state index is -4.36. The zero-order valence-electron chi connectivity index (χ0n) is 10.7. The molecule has 0 heterocycles. The zero-order chi connectivity index (χ0) is 14.6. The molecule has 1 aromatic carbocycles. The second-order valence-electron chi connectivity index (χ2n) is 4.63. The van der Waals surface area contributed by atoms with Gasteiger partial charge in [-0.15, -0.1) is 0 Å². The average molecular weight is 275 g/mol. The van der Waals surface area contributed by atoms with E-state index in [0.29, 0.717) is 5.56 Å². The molecule has 3 nitrogen and oxygen atoms in total. The Bertz CT molecular complexity index is 446. The van der Waals surface area contributed by atoms with Crippen molar-refractivity contribution in [2.75, 3.05) is 13.6 Å². The number of carboxylic acids is 1. The Labute approximate surface area is 109 Å². The van der Waals surface area contributed by atoms with Gasteiger partial charge >= 0.3 is 12.1 Å². The van der Waals surface area contributed by atoms with Crippen LogP contribution in [0.1, 0.15) is 18.1 Å². The highest BCUT2D eigenvalue weighted by molar-refractivity contribution is 5.69. The highest BCUT2D eigenvalue weighted by Gasteiger charge is 2.30. The third-order valence-corrected chi connectivity index (χ3v) is 2.71. The summed E-state index contributed by atoms with van der Waals surface area (Å²) in [5.74, 6) is -1.48. The van der Waals surface area contributed by atoms with Crippen molar-refractivity contribution < 1.29 is 23.1 Å². The molecule has 6 heteroatoms. The third kappa shape index (κ3) is 4.90. The van der Waals surface area contributed by atoms with E-state index >= 15 is 0 Å². The van der Waals surface area contributed by atoms with Crippen LogP contribution in [0, 0.1) is 5.92 Å². The molecule has 1 N–H and O–H groups in total. The maximum absolute atomic E-state index is 12.5. The SMILES string of the molecule is CC(CN(C)Cc1cccc(C(F)(F)F)c1)C(=O)O. The summed E-state index contributed by atoms with van der Waals surface area (Å²) >= 11 is 0. The Kier molecular flexibility index (Phi) is 4.94. The van der Waals surface area contributed by atoms with Gasteiger partial charge in [0.05, 0.1) is 11.5 Å². The quantitative estimate of drug-likeness (QED) is 0.898. The van der Waals surface area contributed by atoms with Crippen molar-refractivity contribution in [2.45, 2.75) is 19.6 Å². The Morgan fingerprint density at radius 1 is 1.42 bits per heavy atom. The number of halogens is 3. The van der Waals surface area contributed by atoms with Crippen molar-refractivity contribution in [1.82, 2.24) is 4.90 Å². The number of nitrogens with zero attached hydrogens (tertiary/aromatic N) is 1. The summed E-state index contributed by atoms with van der Waals surface area (Å²) in [5, 5.41) is 8.77. The molecular formula is C13H16F3NO2. The fourth-order valence-corrected chi connectivity index (χ4v) is 1.77. The van der Waals surface area contributed by atoms with Gasteiger partial charge in [-0.3, -0.25) is 4.79 Å². The summed E-state index contributed by atoms with van der Waals surface area (Å²) < 4.78 is 37.6. The lowest BCUT2D eigenvalue weighted by atomic mass is 10.1. The van der Waals surface area contributed by atoms with Crippen molar-refractivity contribution in [3.8, 4) is 0 Å². The molecule has 0 bridgehead atoms. The van der Waals surface area contributed by atoms with E-state index in [1.807, 2.05) is 0 Å². The van der Waals surface area contributed by atoms with Crippen molar-refractivity contribution in [3.63, 3.8) is 0 Å². The van der Waals surface area contributed by atoms with Crippen LogP contribution in [0.3, 0.4) is 0 Å². The summed E-state index contributed by atoms with van der Waals surface area (Å²) in [7, 11) is 1.68. The monoisotopic (exact) mass is 275 g/mol. The molecule has 0 aliphatic heterocycles.